The van der Waals surface area contributed by atoms with Crippen LogP contribution in [0.3, 0.4) is 0 Å². The molecule has 10 nitrogen and oxygen atoms in total. The molecular formula is C25H26N4O6. The molecular weight excluding hydrogens is 452 g/mol. The van der Waals surface area contributed by atoms with Crippen LogP contribution in [0.2, 0.25) is 0 Å². The minimum atomic E-state index is -1.22. The number of H-pyrrole nitrogens is 1. The van der Waals surface area contributed by atoms with Crippen LogP contribution in [-0.2, 0) is 25.5 Å². The van der Waals surface area contributed by atoms with Crippen LogP contribution in [0.5, 0.6) is 0 Å². The Hall–Kier alpha value is -4.18. The van der Waals surface area contributed by atoms with Crippen molar-refractivity contribution in [1.29, 1.82) is 0 Å². The maximum Gasteiger partial charge on any atom is 0.407 e. The number of nitrogens with one attached hydrogen (secondary N) is 3. The van der Waals surface area contributed by atoms with Crippen LogP contribution in [0, 0.1) is 0 Å². The first-order chi connectivity index (χ1) is 17.0. The van der Waals surface area contributed by atoms with Crippen molar-refractivity contribution in [2.24, 2.45) is 0 Å². The molecule has 0 aliphatic heterocycles. The van der Waals surface area contributed by atoms with Crippen LogP contribution in [0.1, 0.15) is 22.7 Å². The second kappa shape index (κ2) is 10.8. The number of alkyl carbamates (subject to hydrolysis) is 1. The number of fused-ring (bicyclic) bond motifs is 3. The van der Waals surface area contributed by atoms with E-state index in [9.17, 15) is 19.5 Å². The highest BCUT2D eigenvalue weighted by Crippen LogP contribution is 2.44. The van der Waals surface area contributed by atoms with Crippen molar-refractivity contribution in [1.82, 2.24) is 20.6 Å². The van der Waals surface area contributed by atoms with Crippen molar-refractivity contribution in [2.45, 2.75) is 24.4 Å². The van der Waals surface area contributed by atoms with Gasteiger partial charge in [0.1, 0.15) is 18.7 Å². The summed E-state index contributed by atoms with van der Waals surface area (Å²) in [6, 6.07) is 13.6. The molecule has 0 saturated heterocycles. The van der Waals surface area contributed by atoms with E-state index in [4.69, 9.17) is 9.47 Å². The van der Waals surface area contributed by atoms with Crippen LogP contribution in [0.4, 0.5) is 4.79 Å². The van der Waals surface area contributed by atoms with Gasteiger partial charge in [0, 0.05) is 31.3 Å². The molecule has 0 spiro atoms. The maximum absolute atomic E-state index is 12.7. The molecule has 0 unspecified atom stereocenters. The van der Waals surface area contributed by atoms with Crippen LogP contribution < -0.4 is 10.6 Å². The fraction of sp³-hybridized carbons (Fsp3) is 0.280. The van der Waals surface area contributed by atoms with E-state index in [-0.39, 0.29) is 25.6 Å². The first-order valence-corrected chi connectivity index (χ1v) is 11.1. The number of aromatic nitrogens is 2. The lowest BCUT2D eigenvalue weighted by molar-refractivity contribution is -0.142. The molecule has 1 aliphatic rings. The zero-order valence-electron chi connectivity index (χ0n) is 19.1. The molecule has 2 aromatic carbocycles. The number of imidazole rings is 1. The number of carbonyl (C=O) groups excluding carboxylic acids is 2. The molecule has 2 atom stereocenters. The maximum atomic E-state index is 12.7. The standard InChI is InChI=1S/C25H26N4O6/c1-34-13-22(23(30)28-21(24(31)32)10-15-11-26-14-27-15)29-25(33)35-12-20-18-8-4-2-6-16(18)17-7-3-5-9-19(17)20/h2-9,11,14,20-22H,10,12-13H2,1H3,(H,26,27)(H,28,30)(H,29,33)(H,31,32)/t21-,22-/m0/s1. The Labute approximate surface area is 201 Å². The third-order valence-corrected chi connectivity index (χ3v) is 5.88. The van der Waals surface area contributed by atoms with E-state index in [1.165, 1.54) is 19.6 Å². The highest BCUT2D eigenvalue weighted by molar-refractivity contribution is 5.89. The molecule has 1 aromatic heterocycles. The number of nitrogens with zero attached hydrogens (tertiary/aromatic N) is 1. The molecule has 4 rings (SSSR count). The number of rotatable bonds is 10. The van der Waals surface area contributed by atoms with Gasteiger partial charge in [-0.1, -0.05) is 48.5 Å². The minimum absolute atomic E-state index is 0.00567. The summed E-state index contributed by atoms with van der Waals surface area (Å²) in [5, 5.41) is 14.4. The van der Waals surface area contributed by atoms with Gasteiger partial charge in [-0.15, -0.1) is 0 Å². The lowest BCUT2D eigenvalue weighted by atomic mass is 9.98. The van der Waals surface area contributed by atoms with Crippen molar-refractivity contribution < 1.29 is 29.0 Å². The van der Waals surface area contributed by atoms with E-state index in [0.29, 0.717) is 5.69 Å². The number of benzene rings is 2. The number of carboxylic acids is 1. The van der Waals surface area contributed by atoms with Gasteiger partial charge in [-0.25, -0.2) is 14.6 Å². The Morgan fingerprint density at radius 3 is 2.26 bits per heavy atom. The summed E-state index contributed by atoms with van der Waals surface area (Å²) >= 11 is 0. The number of aliphatic carboxylic acids is 1. The lowest BCUT2D eigenvalue weighted by Gasteiger charge is -2.21. The molecule has 1 heterocycles. The monoisotopic (exact) mass is 478 g/mol. The van der Waals surface area contributed by atoms with Crippen molar-refractivity contribution in [2.75, 3.05) is 20.3 Å². The van der Waals surface area contributed by atoms with Gasteiger partial charge in [-0.05, 0) is 22.3 Å². The van der Waals surface area contributed by atoms with E-state index in [0.717, 1.165) is 22.3 Å². The highest BCUT2D eigenvalue weighted by Gasteiger charge is 2.31. The summed E-state index contributed by atoms with van der Waals surface area (Å²) in [7, 11) is 1.37. The zero-order valence-corrected chi connectivity index (χ0v) is 19.1. The zero-order chi connectivity index (χ0) is 24.8. The third-order valence-electron chi connectivity index (χ3n) is 5.88. The van der Waals surface area contributed by atoms with Gasteiger partial charge < -0.3 is 30.2 Å². The average Bonchev–Trinajstić information content (AvgIpc) is 3.48. The number of aromatic amines is 1. The van der Waals surface area contributed by atoms with Crippen LogP contribution in [-0.4, -0.2) is 65.5 Å². The van der Waals surface area contributed by atoms with Gasteiger partial charge in [0.25, 0.3) is 0 Å². The number of hydrogen-bond donors (Lipinski definition) is 4. The van der Waals surface area contributed by atoms with Crippen molar-refractivity contribution in [3.8, 4) is 11.1 Å². The van der Waals surface area contributed by atoms with Gasteiger partial charge in [0.05, 0.1) is 12.9 Å². The summed E-state index contributed by atoms with van der Waals surface area (Å²) in [5.74, 6) is -2.05. The molecule has 0 radical (unpaired) electrons. The number of ether oxygens (including phenoxy) is 2. The second-order valence-electron chi connectivity index (χ2n) is 8.16. The Balaban J connectivity index is 1.38. The fourth-order valence-electron chi connectivity index (χ4n) is 4.22. The predicted octanol–water partition coefficient (Wildman–Crippen LogP) is 2.08. The molecule has 0 fully saturated rings. The number of hydrogen-bond acceptors (Lipinski definition) is 6. The molecule has 0 bridgehead atoms. The molecule has 3 aromatic rings. The van der Waals surface area contributed by atoms with Gasteiger partial charge in [-0.2, -0.15) is 0 Å². The Morgan fingerprint density at radius 2 is 1.69 bits per heavy atom. The Morgan fingerprint density at radius 1 is 1.03 bits per heavy atom. The van der Waals surface area contributed by atoms with Gasteiger partial charge in [0.2, 0.25) is 5.91 Å². The summed E-state index contributed by atoms with van der Waals surface area (Å²) in [5.41, 5.74) is 4.88. The van der Waals surface area contributed by atoms with Crippen molar-refractivity contribution in [3.63, 3.8) is 0 Å². The molecule has 2 amide bonds. The molecule has 4 N–H and O–H groups in total. The van der Waals surface area contributed by atoms with E-state index in [2.05, 4.69) is 20.6 Å². The third kappa shape index (κ3) is 5.49. The van der Waals surface area contributed by atoms with Crippen molar-refractivity contribution in [3.05, 3.63) is 77.9 Å². The first-order valence-electron chi connectivity index (χ1n) is 11.1. The quantitative estimate of drug-likeness (QED) is 0.349. The number of carboxylic acid groups (broad SMARTS) is 1. The van der Waals surface area contributed by atoms with E-state index >= 15 is 0 Å². The Bertz CT molecular complexity index is 1150. The summed E-state index contributed by atoms with van der Waals surface area (Å²) in [6.45, 7) is -0.0782. The Kier molecular flexibility index (Phi) is 7.41. The molecule has 10 heteroatoms. The van der Waals surface area contributed by atoms with Crippen LogP contribution in [0.25, 0.3) is 11.1 Å². The van der Waals surface area contributed by atoms with E-state index < -0.39 is 30.1 Å². The highest BCUT2D eigenvalue weighted by atomic mass is 16.5. The molecule has 182 valence electrons. The smallest absolute Gasteiger partial charge is 0.407 e. The molecule has 35 heavy (non-hydrogen) atoms. The summed E-state index contributed by atoms with van der Waals surface area (Å²) in [6.07, 6.45) is 2.10. The van der Waals surface area contributed by atoms with E-state index in [1.807, 2.05) is 48.5 Å². The van der Waals surface area contributed by atoms with E-state index in [1.54, 1.807) is 0 Å². The van der Waals surface area contributed by atoms with Gasteiger partial charge in [-0.3, -0.25) is 4.79 Å². The summed E-state index contributed by atoms with van der Waals surface area (Å²) in [4.78, 5) is 43.6. The number of amides is 2. The molecule has 1 aliphatic carbocycles. The predicted molar refractivity (Wildman–Crippen MR) is 126 cm³/mol. The lowest BCUT2D eigenvalue weighted by Crippen LogP contribution is -2.54. The largest absolute Gasteiger partial charge is 0.480 e. The van der Waals surface area contributed by atoms with Crippen LogP contribution in [0.15, 0.2) is 61.1 Å². The number of carbonyl (C=O) groups is 3. The first kappa shape index (κ1) is 24.0. The topological polar surface area (TPSA) is 143 Å². The van der Waals surface area contributed by atoms with Gasteiger partial charge >= 0.3 is 12.1 Å². The average molecular weight is 479 g/mol. The SMILES string of the molecule is COC[C@H](NC(=O)OCC1c2ccccc2-c2ccccc21)C(=O)N[C@@H](Cc1cnc[nH]1)C(=O)O. The minimum Gasteiger partial charge on any atom is -0.480 e. The molecule has 0 saturated carbocycles. The van der Waals surface area contributed by atoms with Crippen LogP contribution >= 0.6 is 0 Å². The van der Waals surface area contributed by atoms with Gasteiger partial charge in [0.15, 0.2) is 0 Å². The second-order valence-corrected chi connectivity index (χ2v) is 8.16. The normalized spacial score (nSPS) is 13.9. The fourth-order valence-corrected chi connectivity index (χ4v) is 4.22. The van der Waals surface area contributed by atoms with Crippen molar-refractivity contribution >= 4 is 18.0 Å². The number of methoxy groups -OCH3 is 1. The summed E-state index contributed by atoms with van der Waals surface area (Å²) < 4.78 is 10.5.